The molecule has 0 heterocycles. The minimum absolute atomic E-state index is 0.0312. The highest BCUT2D eigenvalue weighted by atomic mass is 16.5. The molecule has 3 aliphatic carbocycles. The molecule has 1 amide bonds. The van der Waals surface area contributed by atoms with Crippen molar-refractivity contribution in [1.29, 1.82) is 0 Å². The number of fused-ring (bicyclic) bond motifs is 1. The van der Waals surface area contributed by atoms with Crippen LogP contribution in [0.4, 0.5) is 0 Å². The average molecular weight is 586 g/mol. The van der Waals surface area contributed by atoms with Crippen LogP contribution in [0.1, 0.15) is 90.1 Å². The molecule has 0 unspecified atom stereocenters. The number of carbonyl (C=O) groups is 6. The van der Waals surface area contributed by atoms with E-state index in [1.54, 1.807) is 32.0 Å². The summed E-state index contributed by atoms with van der Waals surface area (Å²) in [7, 11) is 0. The first kappa shape index (κ1) is 30.1. The quantitative estimate of drug-likeness (QED) is 0.208. The molecule has 0 atom stereocenters. The lowest BCUT2D eigenvalue weighted by Gasteiger charge is -2.26. The number of esters is 2. The van der Waals surface area contributed by atoms with Crippen LogP contribution in [0, 0.1) is 30.6 Å². The second-order valence-corrected chi connectivity index (χ2v) is 11.9. The van der Waals surface area contributed by atoms with Gasteiger partial charge >= 0.3 is 11.9 Å². The van der Waals surface area contributed by atoms with Gasteiger partial charge in [0.2, 0.25) is 5.91 Å². The van der Waals surface area contributed by atoms with Crippen LogP contribution in [0.25, 0.3) is 6.08 Å². The van der Waals surface area contributed by atoms with Gasteiger partial charge in [0.05, 0.1) is 17.4 Å². The maximum atomic E-state index is 13.3. The second-order valence-electron chi connectivity index (χ2n) is 11.9. The monoisotopic (exact) mass is 585 g/mol. The zero-order valence-corrected chi connectivity index (χ0v) is 24.4. The van der Waals surface area contributed by atoms with Gasteiger partial charge in [0.1, 0.15) is 17.3 Å². The summed E-state index contributed by atoms with van der Waals surface area (Å²) in [5.41, 5.74) is 6.92. The van der Waals surface area contributed by atoms with Gasteiger partial charge in [-0.25, -0.2) is 0 Å². The fraction of sp³-hybridized carbons (Fsp3) is 0.412. The van der Waals surface area contributed by atoms with Gasteiger partial charge in [0, 0.05) is 28.5 Å². The van der Waals surface area contributed by atoms with Gasteiger partial charge in [-0.05, 0) is 95.1 Å². The number of rotatable bonds is 7. The number of aryl methyl sites for hydroxylation is 1. The van der Waals surface area contributed by atoms with Crippen LogP contribution in [0.5, 0.6) is 11.5 Å². The summed E-state index contributed by atoms with van der Waals surface area (Å²) >= 11 is 0. The number of hydrogen-bond donors (Lipinski definition) is 1. The Morgan fingerprint density at radius 3 is 1.93 bits per heavy atom. The molecule has 2 saturated carbocycles. The van der Waals surface area contributed by atoms with Gasteiger partial charge in [-0.2, -0.15) is 0 Å². The van der Waals surface area contributed by atoms with E-state index < -0.39 is 29.4 Å². The summed E-state index contributed by atoms with van der Waals surface area (Å²) < 4.78 is 11.5. The number of carbonyl (C=O) groups excluding carboxylic acids is 6. The molecule has 9 heteroatoms. The van der Waals surface area contributed by atoms with Crippen LogP contribution in [0.3, 0.4) is 0 Å². The number of hydrogen-bond acceptors (Lipinski definition) is 8. The molecule has 0 saturated heterocycles. The molecule has 43 heavy (non-hydrogen) atoms. The molecule has 2 fully saturated rings. The van der Waals surface area contributed by atoms with E-state index in [0.717, 1.165) is 0 Å². The van der Waals surface area contributed by atoms with Crippen molar-refractivity contribution in [2.75, 3.05) is 0 Å². The number of primary amides is 1. The largest absolute Gasteiger partial charge is 0.426 e. The summed E-state index contributed by atoms with van der Waals surface area (Å²) in [4.78, 5) is 75.9. The topological polar surface area (TPSA) is 147 Å². The van der Waals surface area contributed by atoms with Crippen molar-refractivity contribution < 1.29 is 38.2 Å². The van der Waals surface area contributed by atoms with Crippen LogP contribution in [0.15, 0.2) is 42.0 Å². The fourth-order valence-electron chi connectivity index (χ4n) is 6.36. The molecular formula is C34H35NO8. The van der Waals surface area contributed by atoms with Crippen LogP contribution < -0.4 is 15.2 Å². The van der Waals surface area contributed by atoms with Crippen molar-refractivity contribution in [2.45, 2.75) is 65.2 Å². The van der Waals surface area contributed by atoms with Gasteiger partial charge in [-0.3, -0.25) is 28.8 Å². The maximum absolute atomic E-state index is 13.3. The molecule has 2 N–H and O–H groups in total. The van der Waals surface area contributed by atoms with E-state index >= 15 is 0 Å². The minimum atomic E-state index is -0.488. The van der Waals surface area contributed by atoms with Crippen molar-refractivity contribution in [3.05, 3.63) is 64.2 Å². The molecule has 0 aliphatic heterocycles. The Kier molecular flexibility index (Phi) is 8.71. The van der Waals surface area contributed by atoms with Gasteiger partial charge < -0.3 is 15.2 Å². The Bertz CT molecular complexity index is 1540. The number of amides is 1. The third-order valence-electron chi connectivity index (χ3n) is 9.04. The standard InChI is InChI=1S/C34H35NO8/c1-18-4-3-5-26-29(18)31(38)27(30(26)37)17-24-16-25(42-33(40)22-10-6-20(7-11-22)19(2)36)14-15-28(24)43-34(41)23-12-8-21(9-13-23)32(35)39/h3-5,14-17,20-23H,6-13H2,1-2H3,(H2,35,39)/b27-17+. The molecule has 2 aromatic rings. The highest BCUT2D eigenvalue weighted by Crippen LogP contribution is 2.36. The number of ketones is 3. The third-order valence-corrected chi connectivity index (χ3v) is 9.04. The summed E-state index contributed by atoms with van der Waals surface area (Å²) in [6.07, 6.45) is 5.64. The minimum Gasteiger partial charge on any atom is -0.426 e. The van der Waals surface area contributed by atoms with E-state index in [9.17, 15) is 28.8 Å². The van der Waals surface area contributed by atoms with Crippen LogP contribution >= 0.6 is 0 Å². The summed E-state index contributed by atoms with van der Waals surface area (Å²) in [6.45, 7) is 3.33. The SMILES string of the molecule is CC(=O)C1CCC(C(=O)Oc2ccc(OC(=O)C3CCC(C(N)=O)CC3)c(/C=C3\C(=O)c4cccc(C)c4C3=O)c2)CC1. The number of nitrogens with two attached hydrogens (primary N) is 1. The Balaban J connectivity index is 1.40. The highest BCUT2D eigenvalue weighted by Gasteiger charge is 2.35. The molecule has 3 aliphatic rings. The van der Waals surface area contributed by atoms with E-state index in [1.807, 2.05) is 0 Å². The van der Waals surface area contributed by atoms with E-state index in [0.29, 0.717) is 68.1 Å². The first-order valence-corrected chi connectivity index (χ1v) is 14.8. The predicted molar refractivity (Wildman–Crippen MR) is 156 cm³/mol. The van der Waals surface area contributed by atoms with Crippen LogP contribution in [-0.2, 0) is 19.2 Å². The molecule has 0 spiro atoms. The first-order chi connectivity index (χ1) is 20.5. The molecule has 2 aromatic carbocycles. The third kappa shape index (κ3) is 6.35. The van der Waals surface area contributed by atoms with E-state index in [4.69, 9.17) is 15.2 Å². The van der Waals surface area contributed by atoms with Crippen LogP contribution in [-0.4, -0.2) is 35.2 Å². The second kappa shape index (κ2) is 12.5. The Hall–Kier alpha value is -4.40. The molecule has 5 rings (SSSR count). The molecule has 0 radical (unpaired) electrons. The van der Waals surface area contributed by atoms with Crippen molar-refractivity contribution in [3.63, 3.8) is 0 Å². The van der Waals surface area contributed by atoms with Crippen molar-refractivity contribution in [3.8, 4) is 11.5 Å². The Morgan fingerprint density at radius 2 is 1.35 bits per heavy atom. The molecule has 0 aromatic heterocycles. The zero-order valence-electron chi connectivity index (χ0n) is 24.4. The lowest BCUT2D eigenvalue weighted by molar-refractivity contribution is -0.142. The normalized spacial score (nSPS) is 24.4. The van der Waals surface area contributed by atoms with Crippen molar-refractivity contribution >= 4 is 41.3 Å². The number of ether oxygens (including phenoxy) is 2. The number of benzene rings is 2. The average Bonchev–Trinajstić information content (AvgIpc) is 3.24. The van der Waals surface area contributed by atoms with Gasteiger partial charge in [0.25, 0.3) is 0 Å². The number of allylic oxidation sites excluding steroid dienone is 1. The molecular weight excluding hydrogens is 550 g/mol. The van der Waals surface area contributed by atoms with E-state index in [-0.39, 0.29) is 52.1 Å². The summed E-state index contributed by atoms with van der Waals surface area (Å²) in [5, 5.41) is 0. The van der Waals surface area contributed by atoms with Gasteiger partial charge in [-0.1, -0.05) is 18.2 Å². The van der Waals surface area contributed by atoms with E-state index in [2.05, 4.69) is 0 Å². The maximum Gasteiger partial charge on any atom is 0.314 e. The van der Waals surface area contributed by atoms with Gasteiger partial charge in [-0.15, -0.1) is 0 Å². The first-order valence-electron chi connectivity index (χ1n) is 14.8. The summed E-state index contributed by atoms with van der Waals surface area (Å²) in [6, 6.07) is 9.55. The smallest absolute Gasteiger partial charge is 0.314 e. The Morgan fingerprint density at radius 1 is 0.767 bits per heavy atom. The predicted octanol–water partition coefficient (Wildman–Crippen LogP) is 4.96. The van der Waals surface area contributed by atoms with Crippen molar-refractivity contribution in [2.24, 2.45) is 29.4 Å². The molecule has 224 valence electrons. The zero-order chi connectivity index (χ0) is 30.8. The van der Waals surface area contributed by atoms with Gasteiger partial charge in [0.15, 0.2) is 11.6 Å². The lowest BCUT2D eigenvalue weighted by Crippen LogP contribution is -2.31. The summed E-state index contributed by atoms with van der Waals surface area (Å²) in [5.74, 6) is -2.80. The number of Topliss-reactive ketones (excluding diaryl/α,β-unsaturated/α-hetero) is 3. The van der Waals surface area contributed by atoms with Crippen LogP contribution in [0.2, 0.25) is 0 Å². The Labute approximate surface area is 249 Å². The fourth-order valence-corrected chi connectivity index (χ4v) is 6.36. The lowest BCUT2D eigenvalue weighted by atomic mass is 9.80. The van der Waals surface area contributed by atoms with Crippen molar-refractivity contribution in [1.82, 2.24) is 0 Å². The van der Waals surface area contributed by atoms with E-state index in [1.165, 1.54) is 24.3 Å². The highest BCUT2D eigenvalue weighted by molar-refractivity contribution is 6.41. The molecule has 9 nitrogen and oxygen atoms in total. The molecule has 0 bridgehead atoms.